The normalized spacial score (nSPS) is 40.6. The molecule has 70 valence electrons. The fourth-order valence-corrected chi connectivity index (χ4v) is 2.02. The molecular weight excluding hydrogens is 167 g/mol. The van der Waals surface area contributed by atoms with Crippen LogP contribution in [0, 0.1) is 0 Å². The molecule has 1 aromatic rings. The Kier molecular flexibility index (Phi) is 1.05. The zero-order chi connectivity index (χ0) is 9.27. The second-order valence-electron chi connectivity index (χ2n) is 4.72. The summed E-state index contributed by atoms with van der Waals surface area (Å²) >= 11 is 0. The van der Waals surface area contributed by atoms with Crippen LogP contribution in [-0.4, -0.2) is 15.4 Å². The lowest BCUT2D eigenvalue weighted by molar-refractivity contribution is 0.389. The highest BCUT2D eigenvalue weighted by atomic mass is 19.1. The van der Waals surface area contributed by atoms with Crippen molar-refractivity contribution in [2.75, 3.05) is 0 Å². The fourth-order valence-electron chi connectivity index (χ4n) is 2.02. The standard InChI is InChI=1S/C10H13FN2/c1-7(2)8-3-12-13(4-8)10-5-9(10,11)6-10/h3-4,7H,5-6H2,1-2H3. The van der Waals surface area contributed by atoms with Crippen molar-refractivity contribution in [2.45, 2.75) is 43.8 Å². The van der Waals surface area contributed by atoms with Crippen molar-refractivity contribution < 1.29 is 4.39 Å². The number of hydrogen-bond acceptors (Lipinski definition) is 1. The van der Waals surface area contributed by atoms with Gasteiger partial charge in [0.05, 0.1) is 6.20 Å². The molecule has 0 aliphatic heterocycles. The summed E-state index contributed by atoms with van der Waals surface area (Å²) in [4.78, 5) is 0. The Morgan fingerprint density at radius 2 is 2.15 bits per heavy atom. The molecule has 0 aromatic carbocycles. The number of fused-ring (bicyclic) bond motifs is 1. The molecule has 0 N–H and O–H groups in total. The van der Waals surface area contributed by atoms with Gasteiger partial charge in [-0.3, -0.25) is 4.68 Å². The van der Waals surface area contributed by atoms with E-state index >= 15 is 0 Å². The maximum absolute atomic E-state index is 13.4. The topological polar surface area (TPSA) is 17.8 Å². The Labute approximate surface area is 76.7 Å². The third-order valence-corrected chi connectivity index (χ3v) is 3.44. The smallest absolute Gasteiger partial charge is 0.141 e. The average Bonchev–Trinajstić information content (AvgIpc) is 2.72. The van der Waals surface area contributed by atoms with Crippen LogP contribution in [0.2, 0.25) is 0 Å². The predicted octanol–water partition coefficient (Wildman–Crippen LogP) is 2.22. The van der Waals surface area contributed by atoms with Crippen LogP contribution in [0.1, 0.15) is 38.2 Å². The zero-order valence-electron chi connectivity index (χ0n) is 7.92. The molecule has 3 heteroatoms. The summed E-state index contributed by atoms with van der Waals surface area (Å²) in [6.45, 7) is 4.25. The molecule has 0 spiro atoms. The van der Waals surface area contributed by atoms with E-state index in [1.807, 2.05) is 17.1 Å². The number of nitrogens with zero attached hydrogens (tertiary/aromatic N) is 2. The van der Waals surface area contributed by atoms with Crippen molar-refractivity contribution in [1.82, 2.24) is 9.78 Å². The first-order valence-electron chi connectivity index (χ1n) is 4.81. The van der Waals surface area contributed by atoms with Crippen molar-refractivity contribution in [3.05, 3.63) is 18.0 Å². The zero-order valence-corrected chi connectivity index (χ0v) is 7.92. The number of hydrogen-bond donors (Lipinski definition) is 0. The van der Waals surface area contributed by atoms with Gasteiger partial charge in [-0.1, -0.05) is 13.8 Å². The average molecular weight is 180 g/mol. The van der Waals surface area contributed by atoms with E-state index in [4.69, 9.17) is 0 Å². The highest BCUT2D eigenvalue weighted by Gasteiger charge is 2.87. The maximum atomic E-state index is 13.4. The Balaban J connectivity index is 1.92. The molecule has 3 rings (SSSR count). The van der Waals surface area contributed by atoms with Crippen LogP contribution in [0.4, 0.5) is 4.39 Å². The Hall–Kier alpha value is -0.860. The monoisotopic (exact) mass is 180 g/mol. The van der Waals surface area contributed by atoms with E-state index in [9.17, 15) is 4.39 Å². The summed E-state index contributed by atoms with van der Waals surface area (Å²) in [5.74, 6) is 0.483. The Bertz CT molecular complexity index is 361. The van der Waals surface area contributed by atoms with Gasteiger partial charge in [-0.05, 0) is 11.5 Å². The first kappa shape index (κ1) is 7.54. The van der Waals surface area contributed by atoms with E-state index in [0.717, 1.165) is 0 Å². The third kappa shape index (κ3) is 0.754. The third-order valence-electron chi connectivity index (χ3n) is 3.44. The van der Waals surface area contributed by atoms with Gasteiger partial charge in [-0.15, -0.1) is 0 Å². The minimum Gasteiger partial charge on any atom is -0.263 e. The molecule has 0 atom stereocenters. The van der Waals surface area contributed by atoms with Crippen LogP contribution in [0.25, 0.3) is 0 Å². The van der Waals surface area contributed by atoms with Gasteiger partial charge in [0, 0.05) is 19.0 Å². The number of alkyl halides is 1. The van der Waals surface area contributed by atoms with Crippen LogP contribution in [0.15, 0.2) is 12.4 Å². The van der Waals surface area contributed by atoms with Crippen LogP contribution >= 0.6 is 0 Å². The molecule has 1 aromatic heterocycles. The molecule has 13 heavy (non-hydrogen) atoms. The van der Waals surface area contributed by atoms with E-state index in [-0.39, 0.29) is 5.54 Å². The highest BCUT2D eigenvalue weighted by molar-refractivity contribution is 5.38. The largest absolute Gasteiger partial charge is 0.263 e. The van der Waals surface area contributed by atoms with Gasteiger partial charge in [0.25, 0.3) is 0 Å². The fraction of sp³-hybridized carbons (Fsp3) is 0.700. The van der Waals surface area contributed by atoms with Crippen molar-refractivity contribution in [1.29, 1.82) is 0 Å². The van der Waals surface area contributed by atoms with Crippen LogP contribution < -0.4 is 0 Å². The molecular formula is C10H13FN2. The molecule has 2 aliphatic carbocycles. The number of halogens is 1. The summed E-state index contributed by atoms with van der Waals surface area (Å²) in [5.41, 5.74) is 0.114. The molecule has 2 aliphatic rings. The first-order chi connectivity index (χ1) is 6.07. The lowest BCUT2D eigenvalue weighted by atomic mass is 10.1. The van der Waals surface area contributed by atoms with Crippen molar-refractivity contribution >= 4 is 0 Å². The van der Waals surface area contributed by atoms with Crippen molar-refractivity contribution in [2.24, 2.45) is 0 Å². The van der Waals surface area contributed by atoms with E-state index in [2.05, 4.69) is 18.9 Å². The van der Waals surface area contributed by atoms with Crippen molar-refractivity contribution in [3.63, 3.8) is 0 Å². The van der Waals surface area contributed by atoms with Gasteiger partial charge in [-0.25, -0.2) is 4.39 Å². The molecule has 0 bridgehead atoms. The van der Waals surface area contributed by atoms with Gasteiger partial charge in [-0.2, -0.15) is 5.10 Å². The summed E-state index contributed by atoms with van der Waals surface area (Å²) < 4.78 is 15.2. The van der Waals surface area contributed by atoms with Crippen LogP contribution in [0.5, 0.6) is 0 Å². The molecule has 2 saturated carbocycles. The maximum Gasteiger partial charge on any atom is 0.141 e. The second kappa shape index (κ2) is 1.81. The SMILES string of the molecule is CC(C)c1cnn(C23CC2(F)C3)c1. The summed E-state index contributed by atoms with van der Waals surface area (Å²) in [5, 5.41) is 4.23. The summed E-state index contributed by atoms with van der Waals surface area (Å²) in [6, 6.07) is 0. The van der Waals surface area contributed by atoms with Crippen LogP contribution in [0.3, 0.4) is 0 Å². The van der Waals surface area contributed by atoms with E-state index in [0.29, 0.717) is 18.8 Å². The van der Waals surface area contributed by atoms with Crippen molar-refractivity contribution in [3.8, 4) is 0 Å². The Morgan fingerprint density at radius 3 is 2.54 bits per heavy atom. The number of aromatic nitrogens is 2. The molecule has 0 saturated heterocycles. The van der Waals surface area contributed by atoms with E-state index < -0.39 is 5.67 Å². The van der Waals surface area contributed by atoms with E-state index in [1.54, 1.807) is 0 Å². The lowest BCUT2D eigenvalue weighted by Crippen LogP contribution is -2.06. The summed E-state index contributed by atoms with van der Waals surface area (Å²) in [6.07, 6.45) is 5.22. The lowest BCUT2D eigenvalue weighted by Gasteiger charge is -2.01. The van der Waals surface area contributed by atoms with Gasteiger partial charge < -0.3 is 0 Å². The van der Waals surface area contributed by atoms with Gasteiger partial charge in [0.2, 0.25) is 0 Å². The molecule has 2 nitrogen and oxygen atoms in total. The molecule has 2 fully saturated rings. The van der Waals surface area contributed by atoms with Gasteiger partial charge in [0.1, 0.15) is 11.2 Å². The van der Waals surface area contributed by atoms with Gasteiger partial charge >= 0.3 is 0 Å². The van der Waals surface area contributed by atoms with Crippen LogP contribution in [-0.2, 0) is 5.54 Å². The molecule has 0 radical (unpaired) electrons. The second-order valence-corrected chi connectivity index (χ2v) is 4.72. The highest BCUT2D eigenvalue weighted by Crippen LogP contribution is 2.78. The van der Waals surface area contributed by atoms with Gasteiger partial charge in [0.15, 0.2) is 0 Å². The minimum atomic E-state index is -0.882. The summed E-state index contributed by atoms with van der Waals surface area (Å²) in [7, 11) is 0. The molecule has 0 amide bonds. The molecule has 1 heterocycles. The number of rotatable bonds is 2. The quantitative estimate of drug-likeness (QED) is 0.682. The molecule has 0 unspecified atom stereocenters. The minimum absolute atomic E-state index is 0.208. The Morgan fingerprint density at radius 1 is 1.54 bits per heavy atom. The van der Waals surface area contributed by atoms with E-state index in [1.165, 1.54) is 5.56 Å². The first-order valence-corrected chi connectivity index (χ1v) is 4.81. The predicted molar refractivity (Wildman–Crippen MR) is 47.4 cm³/mol.